The summed E-state index contributed by atoms with van der Waals surface area (Å²) in [6, 6.07) is 0. The van der Waals surface area contributed by atoms with Crippen molar-refractivity contribution < 1.29 is 14.3 Å². The molecular formula is C9H9NO3S3. The minimum atomic E-state index is -0.611. The van der Waals surface area contributed by atoms with Crippen molar-refractivity contribution in [2.75, 3.05) is 6.61 Å². The Bertz CT molecular complexity index is 369. The fraction of sp³-hybridized carbons (Fsp3) is 0.444. The van der Waals surface area contributed by atoms with E-state index in [0.717, 1.165) is 0 Å². The quantitative estimate of drug-likeness (QED) is 0.335. The molecule has 2 fully saturated rings. The average Bonchev–Trinajstić information content (AvgIpc) is 2.23. The molecule has 16 heavy (non-hydrogen) atoms. The molecule has 2 aliphatic rings. The molecule has 1 amide bonds. The highest BCUT2D eigenvalue weighted by molar-refractivity contribution is 8.48. The van der Waals surface area contributed by atoms with Crippen LogP contribution in [-0.4, -0.2) is 37.7 Å². The van der Waals surface area contributed by atoms with Crippen LogP contribution in [-0.2, 0) is 14.3 Å². The summed E-state index contributed by atoms with van der Waals surface area (Å²) in [6.07, 6.45) is 1.95. The third-order valence-corrected chi connectivity index (χ3v) is 5.03. The number of esters is 1. The molecule has 2 unspecified atom stereocenters. The van der Waals surface area contributed by atoms with Crippen LogP contribution in [0, 0.1) is 0 Å². The third-order valence-electron chi connectivity index (χ3n) is 2.19. The molecule has 4 nitrogen and oxygen atoms in total. The maximum Gasteiger partial charge on any atom is 0.340 e. The molecule has 2 saturated heterocycles. The molecule has 0 bridgehead atoms. The van der Waals surface area contributed by atoms with Gasteiger partial charge < -0.3 is 9.64 Å². The number of carbonyl (C=O) groups excluding carboxylic acids is 2. The summed E-state index contributed by atoms with van der Waals surface area (Å²) >= 11 is 7.74. The second kappa shape index (κ2) is 4.77. The van der Waals surface area contributed by atoms with Crippen molar-refractivity contribution >= 4 is 51.1 Å². The molecule has 7 heteroatoms. The molecule has 0 saturated carbocycles. The van der Waals surface area contributed by atoms with Crippen molar-refractivity contribution in [1.29, 1.82) is 0 Å². The minimum absolute atomic E-state index is 0.0162. The summed E-state index contributed by atoms with van der Waals surface area (Å²) in [4.78, 5) is 24.6. The zero-order valence-electron chi connectivity index (χ0n) is 8.25. The second-order valence-corrected chi connectivity index (χ2v) is 6.68. The van der Waals surface area contributed by atoms with Gasteiger partial charge in [-0.3, -0.25) is 4.79 Å². The van der Waals surface area contributed by atoms with E-state index in [1.54, 1.807) is 0 Å². The van der Waals surface area contributed by atoms with E-state index in [0.29, 0.717) is 9.95 Å². The van der Waals surface area contributed by atoms with Crippen LogP contribution in [0.15, 0.2) is 12.7 Å². The molecule has 2 heterocycles. The van der Waals surface area contributed by atoms with Crippen molar-refractivity contribution in [1.82, 2.24) is 4.90 Å². The van der Waals surface area contributed by atoms with Crippen molar-refractivity contribution in [3.63, 3.8) is 0 Å². The van der Waals surface area contributed by atoms with Crippen LogP contribution in [0.3, 0.4) is 0 Å². The Morgan fingerprint density at radius 2 is 2.44 bits per heavy atom. The minimum Gasteiger partial charge on any atom is -0.459 e. The van der Waals surface area contributed by atoms with Crippen molar-refractivity contribution in [2.24, 2.45) is 0 Å². The maximum absolute atomic E-state index is 11.7. The summed E-state index contributed by atoms with van der Waals surface area (Å²) in [5.74, 6) is -0.446. The van der Waals surface area contributed by atoms with E-state index in [2.05, 4.69) is 6.58 Å². The zero-order valence-corrected chi connectivity index (χ0v) is 10.7. The van der Waals surface area contributed by atoms with Crippen molar-refractivity contribution in [2.45, 2.75) is 17.2 Å². The Kier molecular flexibility index (Phi) is 3.56. The van der Waals surface area contributed by atoms with E-state index in [-0.39, 0.29) is 17.9 Å². The van der Waals surface area contributed by atoms with E-state index in [4.69, 9.17) is 17.0 Å². The van der Waals surface area contributed by atoms with Crippen LogP contribution in [0.25, 0.3) is 0 Å². The van der Waals surface area contributed by atoms with Gasteiger partial charge in [0.2, 0.25) is 5.91 Å². The number of carbonyl (C=O) groups is 2. The Morgan fingerprint density at radius 3 is 3.06 bits per heavy atom. The molecule has 86 valence electrons. The van der Waals surface area contributed by atoms with Gasteiger partial charge in [0.05, 0.1) is 11.8 Å². The van der Waals surface area contributed by atoms with E-state index in [1.807, 2.05) is 0 Å². The molecule has 0 aromatic rings. The Labute approximate surface area is 107 Å². The molecule has 2 aliphatic heterocycles. The number of hydrogen-bond donors (Lipinski definition) is 0. The number of rotatable bonds is 3. The summed E-state index contributed by atoms with van der Waals surface area (Å²) in [5, 5.41) is -0.595. The van der Waals surface area contributed by atoms with Gasteiger partial charge in [0, 0.05) is 0 Å². The fourth-order valence-corrected chi connectivity index (χ4v) is 4.48. The molecule has 2 atom stereocenters. The van der Waals surface area contributed by atoms with Gasteiger partial charge in [-0.25, -0.2) is 4.79 Å². The number of fused-ring (bicyclic) bond motifs is 1. The zero-order chi connectivity index (χ0) is 11.7. The van der Waals surface area contributed by atoms with Crippen LogP contribution >= 0.6 is 35.7 Å². The van der Waals surface area contributed by atoms with E-state index in [1.165, 1.54) is 34.5 Å². The lowest BCUT2D eigenvalue weighted by atomic mass is 10.2. The predicted molar refractivity (Wildman–Crippen MR) is 68.0 cm³/mol. The van der Waals surface area contributed by atoms with E-state index in [9.17, 15) is 9.59 Å². The standard InChI is InChI=1S/C9H9NO3S3/c1-2-3-13-8(12)7-10-5(11)4-6(10)15-9(14)16-7/h2,6-7H,1,3-4H2. The largest absolute Gasteiger partial charge is 0.459 e. The SMILES string of the molecule is C=CCOC(=O)C1SC(=S)SC2CC(=O)N21. The number of amides is 1. The van der Waals surface area contributed by atoms with Crippen LogP contribution in [0.1, 0.15) is 6.42 Å². The van der Waals surface area contributed by atoms with E-state index < -0.39 is 11.3 Å². The lowest BCUT2D eigenvalue weighted by molar-refractivity contribution is -0.156. The summed E-state index contributed by atoms with van der Waals surface area (Å²) in [7, 11) is 0. The van der Waals surface area contributed by atoms with Crippen LogP contribution in [0.2, 0.25) is 0 Å². The lowest BCUT2D eigenvalue weighted by Crippen LogP contribution is -2.59. The number of hydrogen-bond acceptors (Lipinski definition) is 6. The van der Waals surface area contributed by atoms with Gasteiger partial charge in [0.15, 0.2) is 5.37 Å². The second-order valence-electron chi connectivity index (χ2n) is 3.22. The normalized spacial score (nSPS) is 28.1. The van der Waals surface area contributed by atoms with E-state index >= 15 is 0 Å². The van der Waals surface area contributed by atoms with Gasteiger partial charge in [0.1, 0.15) is 10.1 Å². The Hall–Kier alpha value is -0.530. The molecule has 0 aromatic heterocycles. The first-order valence-corrected chi connectivity index (χ1v) is 6.76. The first kappa shape index (κ1) is 11.9. The fourth-order valence-electron chi connectivity index (χ4n) is 1.44. The lowest BCUT2D eigenvalue weighted by Gasteiger charge is -2.46. The number of β-lactam (4-membered cyclic amide) rings is 1. The highest BCUT2D eigenvalue weighted by Crippen LogP contribution is 2.44. The summed E-state index contributed by atoms with van der Waals surface area (Å²) in [5.41, 5.74) is 0. The highest BCUT2D eigenvalue weighted by atomic mass is 32.2. The average molecular weight is 275 g/mol. The Morgan fingerprint density at radius 1 is 1.69 bits per heavy atom. The number of thioether (sulfide) groups is 2. The predicted octanol–water partition coefficient (Wildman–Crippen LogP) is 1.36. The van der Waals surface area contributed by atoms with Gasteiger partial charge >= 0.3 is 5.97 Å². The molecule has 0 aliphatic carbocycles. The first-order valence-electron chi connectivity index (χ1n) is 4.59. The topological polar surface area (TPSA) is 46.6 Å². The molecule has 2 rings (SSSR count). The number of ether oxygens (including phenoxy) is 1. The van der Waals surface area contributed by atoms with Crippen molar-refractivity contribution in [3.8, 4) is 0 Å². The molecule has 0 radical (unpaired) electrons. The molecular weight excluding hydrogens is 266 g/mol. The van der Waals surface area contributed by atoms with Gasteiger partial charge in [0.25, 0.3) is 0 Å². The molecule has 0 aromatic carbocycles. The molecule has 0 spiro atoms. The number of thiocarbonyl (C=S) groups is 1. The van der Waals surface area contributed by atoms with Crippen molar-refractivity contribution in [3.05, 3.63) is 12.7 Å². The highest BCUT2D eigenvalue weighted by Gasteiger charge is 2.49. The summed E-state index contributed by atoms with van der Waals surface area (Å²) < 4.78 is 5.63. The third kappa shape index (κ3) is 2.11. The monoisotopic (exact) mass is 275 g/mol. The smallest absolute Gasteiger partial charge is 0.340 e. The van der Waals surface area contributed by atoms with Crippen LogP contribution in [0.5, 0.6) is 0 Å². The Balaban J connectivity index is 2.05. The summed E-state index contributed by atoms with van der Waals surface area (Å²) in [6.45, 7) is 3.62. The van der Waals surface area contributed by atoms with Gasteiger partial charge in [-0.05, 0) is 0 Å². The van der Waals surface area contributed by atoms with Crippen LogP contribution in [0.4, 0.5) is 0 Å². The molecule has 0 N–H and O–H groups in total. The maximum atomic E-state index is 11.7. The number of nitrogens with zero attached hydrogens (tertiary/aromatic N) is 1. The van der Waals surface area contributed by atoms with Gasteiger partial charge in [-0.1, -0.05) is 48.4 Å². The van der Waals surface area contributed by atoms with Gasteiger partial charge in [-0.2, -0.15) is 0 Å². The van der Waals surface area contributed by atoms with Crippen LogP contribution < -0.4 is 0 Å². The van der Waals surface area contributed by atoms with Gasteiger partial charge in [-0.15, -0.1) is 0 Å². The first-order chi connectivity index (χ1) is 7.63.